The molecule has 0 amide bonds. The first-order chi connectivity index (χ1) is 3.71. The van der Waals surface area contributed by atoms with Crippen molar-refractivity contribution in [3.05, 3.63) is 0 Å². The largest absolute Gasteiger partial charge is 0.442 e. The second-order valence-corrected chi connectivity index (χ2v) is 28.2. The third-order valence-electron chi connectivity index (χ3n) is 0.485. The van der Waals surface area contributed by atoms with Crippen LogP contribution in [0.15, 0.2) is 0 Å². The Morgan fingerprint density at radius 1 is 1.00 bits per heavy atom. The Bertz CT molecular complexity index is 81.7. The average molecular weight is 386 g/mol. The highest BCUT2D eigenvalue weighted by Crippen LogP contribution is 2.26. The van der Waals surface area contributed by atoms with Gasteiger partial charge in [-0.2, -0.15) is 0 Å². The fourth-order valence-corrected chi connectivity index (χ4v) is 16.7. The Labute approximate surface area is 84.6 Å². The standard InChI is InChI=1S/C4H12I2OSi2/c1-8(2,3)7-9(4,5)6/h1-4H3. The zero-order valence-electron chi connectivity index (χ0n) is 6.16. The minimum absolute atomic E-state index is 1.25. The van der Waals surface area contributed by atoms with E-state index in [-0.39, 0.29) is 0 Å². The van der Waals surface area contributed by atoms with Crippen molar-refractivity contribution in [2.24, 2.45) is 0 Å². The minimum Gasteiger partial charge on any atom is -0.442 e. The molecule has 0 atom stereocenters. The molecule has 0 N–H and O–H groups in total. The fraction of sp³-hybridized carbons (Fsp3) is 1.00. The second kappa shape index (κ2) is 3.50. The third-order valence-corrected chi connectivity index (χ3v) is 8.33. The zero-order valence-corrected chi connectivity index (χ0v) is 12.5. The molecule has 0 aromatic carbocycles. The van der Waals surface area contributed by atoms with Gasteiger partial charge in [-0.05, 0) is 26.2 Å². The number of hydrogen-bond acceptors (Lipinski definition) is 1. The van der Waals surface area contributed by atoms with Crippen LogP contribution in [-0.4, -0.2) is 11.6 Å². The van der Waals surface area contributed by atoms with Crippen LogP contribution in [0.2, 0.25) is 26.2 Å². The van der Waals surface area contributed by atoms with Gasteiger partial charge in [0.05, 0.1) is 0 Å². The van der Waals surface area contributed by atoms with E-state index in [9.17, 15) is 0 Å². The Morgan fingerprint density at radius 3 is 1.33 bits per heavy atom. The summed E-state index contributed by atoms with van der Waals surface area (Å²) in [6, 6.07) is 0. The predicted octanol–water partition coefficient (Wildman–Crippen LogP) is 3.28. The van der Waals surface area contributed by atoms with Crippen molar-refractivity contribution >= 4 is 55.2 Å². The molecule has 0 radical (unpaired) electrons. The van der Waals surface area contributed by atoms with Gasteiger partial charge in [-0.3, -0.25) is 0 Å². The monoisotopic (exact) mass is 386 g/mol. The third kappa shape index (κ3) is 9.85. The summed E-state index contributed by atoms with van der Waals surface area (Å²) in [6.07, 6.45) is 0. The number of rotatable bonds is 2. The summed E-state index contributed by atoms with van der Waals surface area (Å²) < 4.78 is 4.59. The topological polar surface area (TPSA) is 9.23 Å². The zero-order chi connectivity index (χ0) is 7.71. The molecule has 56 valence electrons. The van der Waals surface area contributed by atoms with Crippen LogP contribution in [0.25, 0.3) is 0 Å². The van der Waals surface area contributed by atoms with Crippen molar-refractivity contribution in [1.29, 1.82) is 0 Å². The molecule has 0 aliphatic carbocycles. The van der Waals surface area contributed by atoms with Crippen molar-refractivity contribution in [3.8, 4) is 0 Å². The summed E-state index contributed by atoms with van der Waals surface area (Å²) in [5, 5.41) is 0. The molecule has 0 heterocycles. The first-order valence-corrected chi connectivity index (χ1v) is 14.8. The minimum atomic E-state index is -1.29. The van der Waals surface area contributed by atoms with E-state index in [2.05, 4.69) is 69.8 Å². The SMILES string of the molecule is C[Si](C)(C)O[Si](C)(I)I. The van der Waals surface area contributed by atoms with Crippen LogP contribution in [0.1, 0.15) is 0 Å². The van der Waals surface area contributed by atoms with Crippen molar-refractivity contribution in [3.63, 3.8) is 0 Å². The Balaban J connectivity index is 3.75. The summed E-state index contributed by atoms with van der Waals surface area (Å²) in [4.78, 5) is 0. The van der Waals surface area contributed by atoms with E-state index in [0.29, 0.717) is 0 Å². The smallest absolute Gasteiger partial charge is 0.312 e. The molecular formula is C4H12I2OSi2. The van der Waals surface area contributed by atoms with Crippen LogP contribution >= 0.6 is 43.6 Å². The van der Waals surface area contributed by atoms with Crippen molar-refractivity contribution in [1.82, 2.24) is 0 Å². The first kappa shape index (κ1) is 10.9. The molecule has 9 heavy (non-hydrogen) atoms. The van der Waals surface area contributed by atoms with Crippen LogP contribution in [-0.2, 0) is 4.12 Å². The van der Waals surface area contributed by atoms with E-state index >= 15 is 0 Å². The van der Waals surface area contributed by atoms with Gasteiger partial charge in [0.15, 0.2) is 8.32 Å². The van der Waals surface area contributed by atoms with Gasteiger partial charge in [-0.15, -0.1) is 0 Å². The molecule has 0 fully saturated rings. The lowest BCUT2D eigenvalue weighted by Crippen LogP contribution is -2.35. The number of hydrogen-bond donors (Lipinski definition) is 0. The van der Waals surface area contributed by atoms with Crippen molar-refractivity contribution in [2.45, 2.75) is 26.2 Å². The van der Waals surface area contributed by atoms with Gasteiger partial charge in [-0.1, -0.05) is 43.6 Å². The van der Waals surface area contributed by atoms with E-state index in [1.54, 1.807) is 0 Å². The molecule has 0 aromatic rings. The highest BCUT2D eigenvalue weighted by Gasteiger charge is 2.28. The van der Waals surface area contributed by atoms with Gasteiger partial charge in [0, 0.05) is 0 Å². The predicted molar refractivity (Wildman–Crippen MR) is 64.1 cm³/mol. The molecule has 0 bridgehead atoms. The van der Waals surface area contributed by atoms with E-state index in [4.69, 9.17) is 4.12 Å². The van der Waals surface area contributed by atoms with Crippen LogP contribution in [0.5, 0.6) is 0 Å². The van der Waals surface area contributed by atoms with Crippen LogP contribution in [0.3, 0.4) is 0 Å². The van der Waals surface area contributed by atoms with E-state index in [1.165, 1.54) is 0 Å². The first-order valence-electron chi connectivity index (χ1n) is 2.79. The normalized spacial score (nSPS) is 14.0. The average Bonchev–Trinajstić information content (AvgIpc) is 1.14. The highest BCUT2D eigenvalue weighted by atomic mass is 127. The van der Waals surface area contributed by atoms with Crippen molar-refractivity contribution < 1.29 is 4.12 Å². The van der Waals surface area contributed by atoms with Gasteiger partial charge in [0.25, 0.3) is 0 Å². The van der Waals surface area contributed by atoms with Crippen molar-refractivity contribution in [2.75, 3.05) is 0 Å². The molecule has 0 unspecified atom stereocenters. The summed E-state index contributed by atoms with van der Waals surface area (Å²) in [7, 11) is -1.25. The quantitative estimate of drug-likeness (QED) is 0.402. The molecule has 0 spiro atoms. The highest BCUT2D eigenvalue weighted by molar-refractivity contribution is 14.3. The van der Waals surface area contributed by atoms with Crippen LogP contribution < -0.4 is 0 Å². The van der Waals surface area contributed by atoms with Crippen LogP contribution in [0, 0.1) is 0 Å². The lowest BCUT2D eigenvalue weighted by Gasteiger charge is -2.24. The Hall–Kier alpha value is 1.85. The summed E-state index contributed by atoms with van der Waals surface area (Å²) in [6.45, 7) is 8.91. The summed E-state index contributed by atoms with van der Waals surface area (Å²) in [5.41, 5.74) is 0. The molecule has 0 saturated carbocycles. The van der Waals surface area contributed by atoms with E-state index in [0.717, 1.165) is 0 Å². The van der Waals surface area contributed by atoms with E-state index in [1.807, 2.05) is 0 Å². The molecule has 5 heteroatoms. The Kier molecular flexibility index (Phi) is 4.22. The summed E-state index contributed by atoms with van der Waals surface area (Å²) >= 11 is 4.88. The number of halogens is 2. The second-order valence-electron chi connectivity index (χ2n) is 3.02. The molecular weight excluding hydrogens is 374 g/mol. The van der Waals surface area contributed by atoms with Gasteiger partial charge in [-0.25, -0.2) is 0 Å². The lowest BCUT2D eigenvalue weighted by molar-refractivity contribution is 0.597. The van der Waals surface area contributed by atoms with Gasteiger partial charge < -0.3 is 4.12 Å². The fourth-order valence-electron chi connectivity index (χ4n) is 0.538. The Morgan fingerprint density at radius 2 is 1.33 bits per heavy atom. The molecule has 0 saturated heterocycles. The van der Waals surface area contributed by atoms with Crippen LogP contribution in [0.4, 0.5) is 0 Å². The lowest BCUT2D eigenvalue weighted by atomic mass is 11.8. The van der Waals surface area contributed by atoms with Gasteiger partial charge in [0.1, 0.15) is 0 Å². The van der Waals surface area contributed by atoms with Gasteiger partial charge in [0.2, 0.25) is 0 Å². The van der Waals surface area contributed by atoms with Gasteiger partial charge >= 0.3 is 3.31 Å². The maximum absolute atomic E-state index is 5.88. The molecule has 0 aliphatic heterocycles. The molecule has 0 aromatic heterocycles. The van der Waals surface area contributed by atoms with E-state index < -0.39 is 11.6 Å². The molecule has 0 rings (SSSR count). The molecule has 0 aliphatic rings. The maximum atomic E-state index is 5.88. The maximum Gasteiger partial charge on any atom is 0.312 e. The molecule has 1 nitrogen and oxygen atoms in total. The summed E-state index contributed by atoms with van der Waals surface area (Å²) in [5.74, 6) is 0.